The second-order valence-electron chi connectivity index (χ2n) is 5.57. The lowest BCUT2D eigenvalue weighted by atomic mass is 10.1. The molecule has 0 amide bonds. The monoisotopic (exact) mass is 321 g/mol. The molecule has 0 unspecified atom stereocenters. The molecule has 0 aliphatic carbocycles. The van der Waals surface area contributed by atoms with E-state index in [9.17, 15) is 0 Å². The van der Waals surface area contributed by atoms with Gasteiger partial charge in [0.1, 0.15) is 0 Å². The molecule has 2 heteroatoms. The van der Waals surface area contributed by atoms with Crippen LogP contribution in [0.4, 0.5) is 0 Å². The third-order valence-electron chi connectivity index (χ3n) is 3.64. The van der Waals surface area contributed by atoms with E-state index in [2.05, 4.69) is 49.4 Å². The molecule has 0 radical (unpaired) electrons. The molecule has 118 valence electrons. The van der Waals surface area contributed by atoms with Crippen molar-refractivity contribution in [2.45, 2.75) is 43.9 Å². The van der Waals surface area contributed by atoms with Gasteiger partial charge in [-0.3, -0.25) is 0 Å². The molecule has 0 heterocycles. The minimum Gasteiger partial charge on any atom is -0.192 e. The molecule has 0 aliphatic heterocycles. The van der Waals surface area contributed by atoms with Crippen LogP contribution >= 0.6 is 11.8 Å². The normalized spacial score (nSPS) is 11.2. The van der Waals surface area contributed by atoms with Gasteiger partial charge in [0.25, 0.3) is 0 Å². The van der Waals surface area contributed by atoms with Crippen LogP contribution in [0.1, 0.15) is 50.2 Å². The summed E-state index contributed by atoms with van der Waals surface area (Å²) < 4.78 is 0. The highest BCUT2D eigenvalue weighted by atomic mass is 32.2. The summed E-state index contributed by atoms with van der Waals surface area (Å²) in [5.41, 5.74) is 1.88. The fourth-order valence-corrected chi connectivity index (χ4v) is 3.40. The van der Waals surface area contributed by atoms with Gasteiger partial charge in [-0.25, -0.2) is 0 Å². The van der Waals surface area contributed by atoms with E-state index in [4.69, 9.17) is 5.26 Å². The highest BCUT2D eigenvalue weighted by Gasteiger charge is 2.02. The zero-order chi connectivity index (χ0) is 16.3. The summed E-state index contributed by atoms with van der Waals surface area (Å²) in [5.74, 6) is 0. The second kappa shape index (κ2) is 9.92. The Balaban J connectivity index is 2.10. The van der Waals surface area contributed by atoms with E-state index in [0.717, 1.165) is 12.0 Å². The molecule has 2 aromatic rings. The van der Waals surface area contributed by atoms with Crippen LogP contribution in [-0.2, 0) is 0 Å². The van der Waals surface area contributed by atoms with E-state index in [1.54, 1.807) is 0 Å². The number of nitrogens with zero attached hydrogens (tertiary/aromatic N) is 1. The SMILES string of the molecule is CCCCCC/C(=C/c1ccc(C#N)cc1)Sc1ccccc1. The third kappa shape index (κ3) is 6.34. The predicted octanol–water partition coefficient (Wildman–Crippen LogP) is 6.66. The summed E-state index contributed by atoms with van der Waals surface area (Å²) in [7, 11) is 0. The smallest absolute Gasteiger partial charge is 0.0991 e. The first-order valence-electron chi connectivity index (χ1n) is 8.25. The van der Waals surface area contributed by atoms with E-state index in [1.165, 1.54) is 35.5 Å². The minimum absolute atomic E-state index is 0.711. The van der Waals surface area contributed by atoms with Crippen LogP contribution in [-0.4, -0.2) is 0 Å². The van der Waals surface area contributed by atoms with Gasteiger partial charge in [0.2, 0.25) is 0 Å². The summed E-state index contributed by atoms with van der Waals surface area (Å²) in [6, 6.07) is 20.5. The zero-order valence-electron chi connectivity index (χ0n) is 13.7. The Labute approximate surface area is 144 Å². The lowest BCUT2D eigenvalue weighted by molar-refractivity contribution is 0.673. The largest absolute Gasteiger partial charge is 0.192 e. The highest BCUT2D eigenvalue weighted by Crippen LogP contribution is 2.32. The van der Waals surface area contributed by atoms with Gasteiger partial charge >= 0.3 is 0 Å². The number of hydrogen-bond acceptors (Lipinski definition) is 2. The molecule has 2 rings (SSSR count). The highest BCUT2D eigenvalue weighted by molar-refractivity contribution is 8.03. The standard InChI is InChI=1S/C21H23NS/c1-2-3-4-6-11-21(23-20-9-7-5-8-10-20)16-18-12-14-19(17-22)15-13-18/h5,7-10,12-16H,2-4,6,11H2,1H3/b21-16-. The quantitative estimate of drug-likeness (QED) is 0.401. The molecule has 0 saturated carbocycles. The fraction of sp³-hybridized carbons (Fsp3) is 0.286. The molecule has 0 bridgehead atoms. The van der Waals surface area contributed by atoms with Crippen molar-refractivity contribution in [3.63, 3.8) is 0 Å². The van der Waals surface area contributed by atoms with Crippen LogP contribution in [0.2, 0.25) is 0 Å². The van der Waals surface area contributed by atoms with Crippen LogP contribution in [0.3, 0.4) is 0 Å². The number of benzene rings is 2. The number of nitriles is 1. The fourth-order valence-electron chi connectivity index (χ4n) is 2.36. The van der Waals surface area contributed by atoms with Gasteiger partial charge in [0, 0.05) is 4.90 Å². The summed E-state index contributed by atoms with van der Waals surface area (Å²) >= 11 is 1.85. The van der Waals surface area contributed by atoms with Crippen LogP contribution in [0, 0.1) is 11.3 Å². The molecule has 0 spiro atoms. The molecule has 0 fully saturated rings. The average Bonchev–Trinajstić information content (AvgIpc) is 2.60. The van der Waals surface area contributed by atoms with E-state index in [-0.39, 0.29) is 0 Å². The first-order chi connectivity index (χ1) is 11.3. The lowest BCUT2D eigenvalue weighted by Gasteiger charge is -2.08. The van der Waals surface area contributed by atoms with E-state index in [0.29, 0.717) is 5.56 Å². The topological polar surface area (TPSA) is 23.8 Å². The van der Waals surface area contributed by atoms with E-state index < -0.39 is 0 Å². The lowest BCUT2D eigenvalue weighted by Crippen LogP contribution is -1.83. The van der Waals surface area contributed by atoms with Gasteiger partial charge in [0.15, 0.2) is 0 Å². The molecule has 2 aromatic carbocycles. The Morgan fingerprint density at radius 2 is 1.74 bits per heavy atom. The average molecular weight is 321 g/mol. The molecule has 0 saturated heterocycles. The van der Waals surface area contributed by atoms with Gasteiger partial charge < -0.3 is 0 Å². The first-order valence-corrected chi connectivity index (χ1v) is 9.07. The Morgan fingerprint density at radius 1 is 1.00 bits per heavy atom. The summed E-state index contributed by atoms with van der Waals surface area (Å²) in [5, 5.41) is 8.90. The molecule has 1 nitrogen and oxygen atoms in total. The Hall–Kier alpha value is -1.98. The molecule has 0 aliphatic rings. The minimum atomic E-state index is 0.711. The number of allylic oxidation sites excluding steroid dienone is 1. The van der Waals surface area contributed by atoms with Crippen LogP contribution in [0.15, 0.2) is 64.4 Å². The maximum Gasteiger partial charge on any atom is 0.0991 e. The van der Waals surface area contributed by atoms with Crippen molar-refractivity contribution < 1.29 is 0 Å². The van der Waals surface area contributed by atoms with Gasteiger partial charge in [-0.15, -0.1) is 0 Å². The summed E-state index contributed by atoms with van der Waals surface area (Å²) in [6.07, 6.45) is 8.46. The van der Waals surface area contributed by atoms with Gasteiger partial charge in [-0.2, -0.15) is 5.26 Å². The van der Waals surface area contributed by atoms with Gasteiger partial charge in [-0.1, -0.05) is 68.3 Å². The molecular formula is C21H23NS. The first kappa shape index (κ1) is 17.4. The molecular weight excluding hydrogens is 298 g/mol. The maximum absolute atomic E-state index is 8.90. The van der Waals surface area contributed by atoms with Crippen molar-refractivity contribution in [2.75, 3.05) is 0 Å². The molecule has 23 heavy (non-hydrogen) atoms. The summed E-state index contributed by atoms with van der Waals surface area (Å²) in [6.45, 7) is 2.24. The van der Waals surface area contributed by atoms with Crippen molar-refractivity contribution in [2.24, 2.45) is 0 Å². The van der Waals surface area contributed by atoms with Crippen molar-refractivity contribution >= 4 is 17.8 Å². The predicted molar refractivity (Wildman–Crippen MR) is 100 cm³/mol. The van der Waals surface area contributed by atoms with Crippen molar-refractivity contribution in [3.8, 4) is 6.07 Å². The van der Waals surface area contributed by atoms with Gasteiger partial charge in [-0.05, 0) is 53.7 Å². The molecule has 0 aromatic heterocycles. The number of hydrogen-bond donors (Lipinski definition) is 0. The van der Waals surface area contributed by atoms with E-state index in [1.807, 2.05) is 36.0 Å². The van der Waals surface area contributed by atoms with Crippen LogP contribution < -0.4 is 0 Å². The molecule has 0 N–H and O–H groups in total. The van der Waals surface area contributed by atoms with E-state index >= 15 is 0 Å². The zero-order valence-corrected chi connectivity index (χ0v) is 14.5. The van der Waals surface area contributed by atoms with Crippen LogP contribution in [0.25, 0.3) is 6.08 Å². The van der Waals surface area contributed by atoms with Crippen molar-refractivity contribution in [1.29, 1.82) is 5.26 Å². The van der Waals surface area contributed by atoms with Crippen molar-refractivity contribution in [3.05, 3.63) is 70.6 Å². The second-order valence-corrected chi connectivity index (χ2v) is 6.77. The molecule has 0 atom stereocenters. The summed E-state index contributed by atoms with van der Waals surface area (Å²) in [4.78, 5) is 2.67. The van der Waals surface area contributed by atoms with Gasteiger partial charge in [0.05, 0.1) is 11.6 Å². The number of rotatable bonds is 8. The number of unbranched alkanes of at least 4 members (excludes halogenated alkanes) is 3. The number of thioether (sulfide) groups is 1. The maximum atomic E-state index is 8.90. The van der Waals surface area contributed by atoms with Crippen molar-refractivity contribution in [1.82, 2.24) is 0 Å². The third-order valence-corrected chi connectivity index (χ3v) is 4.73. The Morgan fingerprint density at radius 3 is 2.39 bits per heavy atom. The van der Waals surface area contributed by atoms with Crippen LogP contribution in [0.5, 0.6) is 0 Å². The Bertz CT molecular complexity index is 650. The Kier molecular flexibility index (Phi) is 7.49.